The largest absolute Gasteiger partial charge is 0.272 e. The summed E-state index contributed by atoms with van der Waals surface area (Å²) in [5.41, 5.74) is -0.401. The molecule has 1 aromatic rings. The van der Waals surface area contributed by atoms with Crippen molar-refractivity contribution in [3.63, 3.8) is 0 Å². The smallest absolute Gasteiger partial charge is 0.258 e. The lowest BCUT2D eigenvalue weighted by atomic mass is 10.2. The monoisotopic (exact) mass is 226 g/mol. The van der Waals surface area contributed by atoms with Gasteiger partial charge in [-0.1, -0.05) is 11.6 Å². The van der Waals surface area contributed by atoms with Crippen LogP contribution in [0.1, 0.15) is 5.56 Å². The van der Waals surface area contributed by atoms with E-state index >= 15 is 0 Å². The van der Waals surface area contributed by atoms with E-state index in [1.54, 1.807) is 6.07 Å². The van der Waals surface area contributed by atoms with Crippen molar-refractivity contribution in [1.29, 1.82) is 5.26 Å². The molecular weight excluding hydrogens is 223 g/mol. The first-order valence-electron chi connectivity index (χ1n) is 3.76. The molecule has 0 saturated carbocycles. The fourth-order valence-electron chi connectivity index (χ4n) is 0.946. The van der Waals surface area contributed by atoms with Crippen LogP contribution in [0.5, 0.6) is 0 Å². The molecule has 0 amide bonds. The maximum atomic E-state index is 13.2. The molecule has 6 heteroatoms. The second-order valence-electron chi connectivity index (χ2n) is 2.54. The highest BCUT2D eigenvalue weighted by molar-refractivity contribution is 6.49. The first-order chi connectivity index (χ1) is 7.06. The molecule has 0 fully saturated rings. The van der Waals surface area contributed by atoms with Gasteiger partial charge in [-0.3, -0.25) is 10.1 Å². The number of nitriles is 1. The van der Waals surface area contributed by atoms with Crippen molar-refractivity contribution in [3.8, 4) is 6.07 Å². The average molecular weight is 227 g/mol. The van der Waals surface area contributed by atoms with Crippen LogP contribution in [0.3, 0.4) is 0 Å². The van der Waals surface area contributed by atoms with E-state index in [0.29, 0.717) is 0 Å². The Labute approximate surface area is 89.4 Å². The van der Waals surface area contributed by atoms with Crippen LogP contribution in [0.15, 0.2) is 24.3 Å². The fourth-order valence-corrected chi connectivity index (χ4v) is 1.15. The Morgan fingerprint density at radius 3 is 2.80 bits per heavy atom. The van der Waals surface area contributed by atoms with E-state index in [-0.39, 0.29) is 16.3 Å². The Bertz CT molecular complexity index is 479. The summed E-state index contributed by atoms with van der Waals surface area (Å²) >= 11 is 5.57. The number of rotatable bonds is 2. The Morgan fingerprint density at radius 2 is 2.33 bits per heavy atom. The van der Waals surface area contributed by atoms with Crippen molar-refractivity contribution in [3.05, 3.63) is 45.8 Å². The number of halogens is 2. The predicted molar refractivity (Wildman–Crippen MR) is 52.5 cm³/mol. The van der Waals surface area contributed by atoms with E-state index in [0.717, 1.165) is 24.3 Å². The van der Waals surface area contributed by atoms with Crippen molar-refractivity contribution < 1.29 is 9.31 Å². The number of nitro groups is 1. The lowest BCUT2D eigenvalue weighted by Gasteiger charge is -1.99. The van der Waals surface area contributed by atoms with Crippen molar-refractivity contribution in [2.24, 2.45) is 0 Å². The highest BCUT2D eigenvalue weighted by Crippen LogP contribution is 2.24. The van der Waals surface area contributed by atoms with E-state index in [1.807, 2.05) is 0 Å². The number of benzene rings is 1. The molecular formula is C9H4ClFN2O2. The molecule has 0 aliphatic rings. The normalized spacial score (nSPS) is 10.9. The first kappa shape index (κ1) is 11.1. The molecule has 1 aromatic carbocycles. The van der Waals surface area contributed by atoms with Gasteiger partial charge in [0, 0.05) is 17.7 Å². The molecule has 0 radical (unpaired) electrons. The van der Waals surface area contributed by atoms with E-state index < -0.39 is 10.7 Å². The zero-order valence-electron chi connectivity index (χ0n) is 7.28. The molecule has 0 aliphatic heterocycles. The van der Waals surface area contributed by atoms with Gasteiger partial charge in [0.2, 0.25) is 0 Å². The highest BCUT2D eigenvalue weighted by Gasteiger charge is 2.12. The summed E-state index contributed by atoms with van der Waals surface area (Å²) in [6, 6.07) is 4.66. The second-order valence-corrected chi connectivity index (χ2v) is 2.95. The molecule has 0 aliphatic carbocycles. The van der Waals surface area contributed by atoms with Crippen LogP contribution in [-0.4, -0.2) is 4.92 Å². The predicted octanol–water partition coefficient (Wildman–Crippen LogP) is 2.84. The number of nitro benzene ring substituents is 1. The summed E-state index contributed by atoms with van der Waals surface area (Å²) < 4.78 is 13.2. The Balaban J connectivity index is 3.21. The number of hydrogen-bond donors (Lipinski definition) is 0. The van der Waals surface area contributed by atoms with Crippen molar-refractivity contribution in [2.75, 3.05) is 0 Å². The third-order valence-electron chi connectivity index (χ3n) is 1.61. The molecule has 0 saturated heterocycles. The van der Waals surface area contributed by atoms with Crippen LogP contribution in [0.4, 0.5) is 10.1 Å². The minimum absolute atomic E-state index is 0.0381. The van der Waals surface area contributed by atoms with E-state index in [2.05, 4.69) is 0 Å². The van der Waals surface area contributed by atoms with Crippen LogP contribution in [-0.2, 0) is 0 Å². The van der Waals surface area contributed by atoms with Gasteiger partial charge in [-0.15, -0.1) is 0 Å². The van der Waals surface area contributed by atoms with Gasteiger partial charge in [-0.2, -0.15) is 5.26 Å². The van der Waals surface area contributed by atoms with Gasteiger partial charge >= 0.3 is 0 Å². The van der Waals surface area contributed by atoms with Crippen molar-refractivity contribution in [1.82, 2.24) is 0 Å². The maximum Gasteiger partial charge on any atom is 0.272 e. The summed E-state index contributed by atoms with van der Waals surface area (Å²) in [4.78, 5) is 9.59. The molecule has 0 spiro atoms. The van der Waals surface area contributed by atoms with Gasteiger partial charge in [0.05, 0.1) is 22.1 Å². The quantitative estimate of drug-likeness (QED) is 0.442. The van der Waals surface area contributed by atoms with E-state index in [9.17, 15) is 14.5 Å². The fraction of sp³-hybridized carbons (Fsp3) is 0. The molecule has 4 nitrogen and oxygen atoms in total. The molecule has 0 N–H and O–H groups in total. The standard InChI is InChI=1S/C9H4ClFN2O2/c10-8(3-4-12)7-2-1-6(13(14)15)5-9(7)11/h1-3,5H. The number of non-ortho nitro benzene ring substituents is 1. The molecule has 0 aromatic heterocycles. The van der Waals surface area contributed by atoms with Crippen molar-refractivity contribution in [2.45, 2.75) is 0 Å². The molecule has 1 rings (SSSR count). The third-order valence-corrected chi connectivity index (χ3v) is 1.92. The minimum atomic E-state index is -0.833. The van der Waals surface area contributed by atoms with Gasteiger partial charge in [0.25, 0.3) is 5.69 Å². The summed E-state index contributed by atoms with van der Waals surface area (Å²) in [5, 5.41) is 18.5. The summed E-state index contributed by atoms with van der Waals surface area (Å²) in [5.74, 6) is -0.833. The Morgan fingerprint density at radius 1 is 1.67 bits per heavy atom. The van der Waals surface area contributed by atoms with Gasteiger partial charge in [0.15, 0.2) is 0 Å². The Hall–Kier alpha value is -1.93. The van der Waals surface area contributed by atoms with Crippen molar-refractivity contribution >= 4 is 22.3 Å². The van der Waals surface area contributed by atoms with Crippen LogP contribution >= 0.6 is 11.6 Å². The average Bonchev–Trinajstić information content (AvgIpc) is 2.17. The summed E-state index contributed by atoms with van der Waals surface area (Å²) in [6.07, 6.45) is 0.950. The van der Waals surface area contributed by atoms with Gasteiger partial charge in [-0.25, -0.2) is 4.39 Å². The van der Waals surface area contributed by atoms with Crippen LogP contribution < -0.4 is 0 Å². The molecule has 0 bridgehead atoms. The molecule has 0 atom stereocenters. The molecule has 0 unspecified atom stereocenters. The molecule has 0 heterocycles. The topological polar surface area (TPSA) is 66.9 Å². The third kappa shape index (κ3) is 2.51. The van der Waals surface area contributed by atoms with Gasteiger partial charge in [-0.05, 0) is 6.07 Å². The number of allylic oxidation sites excluding steroid dienone is 1. The van der Waals surface area contributed by atoms with Crippen LogP contribution in [0.25, 0.3) is 5.03 Å². The minimum Gasteiger partial charge on any atom is -0.258 e. The number of nitrogens with zero attached hydrogens (tertiary/aromatic N) is 2. The SMILES string of the molecule is N#CC=C(Cl)c1ccc([N+](=O)[O-])cc1F. The zero-order valence-corrected chi connectivity index (χ0v) is 8.03. The van der Waals surface area contributed by atoms with E-state index in [1.165, 1.54) is 0 Å². The lowest BCUT2D eigenvalue weighted by Crippen LogP contribution is -1.91. The first-order valence-corrected chi connectivity index (χ1v) is 4.13. The second kappa shape index (κ2) is 4.53. The highest BCUT2D eigenvalue weighted by atomic mass is 35.5. The molecule has 76 valence electrons. The molecule has 15 heavy (non-hydrogen) atoms. The van der Waals surface area contributed by atoms with Crippen LogP contribution in [0, 0.1) is 27.3 Å². The van der Waals surface area contributed by atoms with Gasteiger partial charge in [0.1, 0.15) is 5.82 Å². The lowest BCUT2D eigenvalue weighted by molar-refractivity contribution is -0.385. The zero-order chi connectivity index (χ0) is 11.4. The Kier molecular flexibility index (Phi) is 3.37. The van der Waals surface area contributed by atoms with Crippen LogP contribution in [0.2, 0.25) is 0 Å². The summed E-state index contributed by atoms with van der Waals surface area (Å²) in [7, 11) is 0. The maximum absolute atomic E-state index is 13.2. The summed E-state index contributed by atoms with van der Waals surface area (Å²) in [6.45, 7) is 0. The van der Waals surface area contributed by atoms with E-state index in [4.69, 9.17) is 16.9 Å². The van der Waals surface area contributed by atoms with Gasteiger partial charge < -0.3 is 0 Å². The number of hydrogen-bond acceptors (Lipinski definition) is 3.